The smallest absolute Gasteiger partial charge is 0.0716 e. The summed E-state index contributed by atoms with van der Waals surface area (Å²) >= 11 is 0. The van der Waals surface area contributed by atoms with E-state index in [-0.39, 0.29) is 0 Å². The maximum absolute atomic E-state index is 5.73. The van der Waals surface area contributed by atoms with Gasteiger partial charge in [0, 0.05) is 6.61 Å². The summed E-state index contributed by atoms with van der Waals surface area (Å²) in [6, 6.07) is 18.1. The largest absolute Gasteiger partial charge is 0.377 e. The molecule has 160 valence electrons. The maximum atomic E-state index is 5.73. The van der Waals surface area contributed by atoms with E-state index < -0.39 is 0 Å². The molecule has 1 heteroatoms. The summed E-state index contributed by atoms with van der Waals surface area (Å²) in [5, 5.41) is 0. The Labute approximate surface area is 183 Å². The van der Waals surface area contributed by atoms with E-state index in [2.05, 4.69) is 74.2 Å². The van der Waals surface area contributed by atoms with Crippen LogP contribution < -0.4 is 0 Å². The Bertz CT molecular complexity index is 761. The van der Waals surface area contributed by atoms with E-state index in [4.69, 9.17) is 4.74 Å². The number of hydrogen-bond acceptors (Lipinski definition) is 1. The zero-order chi connectivity index (χ0) is 21.0. The number of ether oxygens (including phenoxy) is 1. The van der Waals surface area contributed by atoms with Crippen LogP contribution in [0.5, 0.6) is 0 Å². The number of hydrogen-bond donors (Lipinski definition) is 0. The van der Waals surface area contributed by atoms with Crippen LogP contribution in [0, 0.1) is 5.92 Å². The van der Waals surface area contributed by atoms with E-state index in [1.54, 1.807) is 0 Å². The first-order chi connectivity index (χ1) is 14.8. The van der Waals surface area contributed by atoms with Gasteiger partial charge in [0.1, 0.15) is 0 Å². The quantitative estimate of drug-likeness (QED) is 0.270. The van der Waals surface area contributed by atoms with Crippen molar-refractivity contribution in [3.63, 3.8) is 0 Å². The van der Waals surface area contributed by atoms with Gasteiger partial charge in [-0.15, -0.1) is 6.58 Å². The lowest BCUT2D eigenvalue weighted by atomic mass is 9.78. The molecule has 2 aromatic rings. The number of unbranched alkanes of at least 4 members (excludes halogenated alkanes) is 2. The van der Waals surface area contributed by atoms with Crippen LogP contribution in [-0.4, -0.2) is 6.61 Å². The zero-order valence-electron chi connectivity index (χ0n) is 18.7. The summed E-state index contributed by atoms with van der Waals surface area (Å²) < 4.78 is 5.73. The highest BCUT2D eigenvalue weighted by atomic mass is 16.5. The van der Waals surface area contributed by atoms with Crippen molar-refractivity contribution in [1.82, 2.24) is 0 Å². The second-order valence-electron chi connectivity index (χ2n) is 8.63. The third-order valence-electron chi connectivity index (χ3n) is 6.27. The monoisotopic (exact) mass is 402 g/mol. The molecule has 30 heavy (non-hydrogen) atoms. The van der Waals surface area contributed by atoms with Crippen molar-refractivity contribution >= 4 is 0 Å². The van der Waals surface area contributed by atoms with Gasteiger partial charge in [-0.2, -0.15) is 0 Å². The lowest BCUT2D eigenvalue weighted by Crippen LogP contribution is -2.11. The highest BCUT2D eigenvalue weighted by molar-refractivity contribution is 5.64. The fraction of sp³-hybridized carbons (Fsp3) is 0.448. The van der Waals surface area contributed by atoms with Gasteiger partial charge >= 0.3 is 0 Å². The normalized spacial score (nSPS) is 19.2. The second kappa shape index (κ2) is 12.5. The molecule has 2 aromatic carbocycles. The predicted octanol–water partition coefficient (Wildman–Crippen LogP) is 8.47. The molecule has 1 aliphatic rings. The van der Waals surface area contributed by atoms with E-state index in [1.165, 1.54) is 60.8 Å². The second-order valence-corrected chi connectivity index (χ2v) is 8.63. The lowest BCUT2D eigenvalue weighted by Gasteiger charge is -2.27. The standard InChI is InChI=1S/C29H38O/c1-3-5-7-9-24-10-14-26(15-11-24)28-18-20-29(21-19-28)27-16-12-25(13-17-27)23-30-22-8-6-4-2/h4,7,9,12-13,16-21,24,26H,2-3,5-6,8,10-11,14-15,22-23H2,1H3. The molecule has 0 bridgehead atoms. The van der Waals surface area contributed by atoms with Gasteiger partial charge in [-0.1, -0.05) is 80.1 Å². The van der Waals surface area contributed by atoms with Gasteiger partial charge in [-0.05, 0) is 79.0 Å². The van der Waals surface area contributed by atoms with Gasteiger partial charge in [0.15, 0.2) is 0 Å². The summed E-state index contributed by atoms with van der Waals surface area (Å²) in [6.07, 6.45) is 16.7. The van der Waals surface area contributed by atoms with Gasteiger partial charge in [-0.3, -0.25) is 0 Å². The first-order valence-electron chi connectivity index (χ1n) is 11.8. The van der Waals surface area contributed by atoms with Crippen molar-refractivity contribution in [2.75, 3.05) is 6.61 Å². The third kappa shape index (κ3) is 6.99. The van der Waals surface area contributed by atoms with Crippen LogP contribution >= 0.6 is 0 Å². The average Bonchev–Trinajstić information content (AvgIpc) is 2.80. The number of benzene rings is 2. The molecule has 0 amide bonds. The Morgan fingerprint density at radius 1 is 0.900 bits per heavy atom. The fourth-order valence-corrected chi connectivity index (χ4v) is 4.36. The molecule has 1 aliphatic carbocycles. The highest BCUT2D eigenvalue weighted by Gasteiger charge is 2.20. The third-order valence-corrected chi connectivity index (χ3v) is 6.27. The van der Waals surface area contributed by atoms with Gasteiger partial charge < -0.3 is 4.74 Å². The Morgan fingerprint density at radius 2 is 1.57 bits per heavy atom. The van der Waals surface area contributed by atoms with Crippen LogP contribution in [0.3, 0.4) is 0 Å². The molecule has 0 unspecified atom stereocenters. The van der Waals surface area contributed by atoms with E-state index in [0.717, 1.165) is 31.3 Å². The molecule has 0 heterocycles. The molecule has 0 N–H and O–H groups in total. The minimum absolute atomic E-state index is 0.687. The molecule has 0 atom stereocenters. The van der Waals surface area contributed by atoms with Crippen LogP contribution in [0.1, 0.15) is 75.3 Å². The van der Waals surface area contributed by atoms with Crippen LogP contribution in [0.2, 0.25) is 0 Å². The molecule has 0 saturated heterocycles. The molecule has 1 saturated carbocycles. The van der Waals surface area contributed by atoms with E-state index >= 15 is 0 Å². The topological polar surface area (TPSA) is 9.23 Å². The molecular weight excluding hydrogens is 364 g/mol. The van der Waals surface area contributed by atoms with Crippen molar-refractivity contribution in [3.8, 4) is 11.1 Å². The summed E-state index contributed by atoms with van der Waals surface area (Å²) in [5.41, 5.74) is 5.33. The summed E-state index contributed by atoms with van der Waals surface area (Å²) in [4.78, 5) is 0. The predicted molar refractivity (Wildman–Crippen MR) is 130 cm³/mol. The summed E-state index contributed by atoms with van der Waals surface area (Å²) in [6.45, 7) is 7.48. The summed E-state index contributed by atoms with van der Waals surface area (Å²) in [7, 11) is 0. The minimum atomic E-state index is 0.687. The first-order valence-corrected chi connectivity index (χ1v) is 11.8. The minimum Gasteiger partial charge on any atom is -0.377 e. The first kappa shape index (κ1) is 22.6. The van der Waals surface area contributed by atoms with Crippen LogP contribution in [0.15, 0.2) is 73.3 Å². The van der Waals surface area contributed by atoms with Gasteiger partial charge in [0.2, 0.25) is 0 Å². The Morgan fingerprint density at radius 3 is 2.20 bits per heavy atom. The molecule has 1 fully saturated rings. The van der Waals surface area contributed by atoms with Crippen molar-refractivity contribution in [1.29, 1.82) is 0 Å². The molecule has 0 radical (unpaired) electrons. The molecule has 0 aliphatic heterocycles. The molecular formula is C29H38O. The number of allylic oxidation sites excluding steroid dienone is 3. The maximum Gasteiger partial charge on any atom is 0.0716 e. The zero-order valence-corrected chi connectivity index (χ0v) is 18.7. The van der Waals surface area contributed by atoms with Crippen molar-refractivity contribution < 1.29 is 4.74 Å². The molecule has 1 nitrogen and oxygen atoms in total. The fourth-order valence-electron chi connectivity index (χ4n) is 4.36. The SMILES string of the molecule is C=CCCCOCc1ccc(-c2ccc(C3CCC(C=CCCC)CC3)cc2)cc1. The Hall–Kier alpha value is -2.12. The molecule has 0 aromatic heterocycles. The van der Waals surface area contributed by atoms with Gasteiger partial charge in [-0.25, -0.2) is 0 Å². The average molecular weight is 403 g/mol. The van der Waals surface area contributed by atoms with Crippen molar-refractivity contribution in [2.45, 2.75) is 70.8 Å². The van der Waals surface area contributed by atoms with Gasteiger partial charge in [0.05, 0.1) is 6.61 Å². The van der Waals surface area contributed by atoms with E-state index in [9.17, 15) is 0 Å². The molecule has 0 spiro atoms. The highest BCUT2D eigenvalue weighted by Crippen LogP contribution is 2.37. The van der Waals surface area contributed by atoms with Crippen molar-refractivity contribution in [3.05, 3.63) is 84.5 Å². The summed E-state index contributed by atoms with van der Waals surface area (Å²) in [5.74, 6) is 1.53. The van der Waals surface area contributed by atoms with E-state index in [1.807, 2.05) is 6.08 Å². The molecule has 3 rings (SSSR count). The van der Waals surface area contributed by atoms with Gasteiger partial charge in [0.25, 0.3) is 0 Å². The van der Waals surface area contributed by atoms with Crippen LogP contribution in [-0.2, 0) is 11.3 Å². The van der Waals surface area contributed by atoms with Crippen LogP contribution in [0.25, 0.3) is 11.1 Å². The van der Waals surface area contributed by atoms with E-state index in [0.29, 0.717) is 6.61 Å². The Balaban J connectivity index is 1.49. The van der Waals surface area contributed by atoms with Crippen molar-refractivity contribution in [2.24, 2.45) is 5.92 Å². The Kier molecular flexibility index (Phi) is 9.44. The van der Waals surface area contributed by atoms with Crippen LogP contribution in [0.4, 0.5) is 0 Å². The number of rotatable bonds is 11. The lowest BCUT2D eigenvalue weighted by molar-refractivity contribution is 0.119.